The van der Waals surface area contributed by atoms with Crippen molar-refractivity contribution >= 4 is 10.1 Å². The molecule has 0 spiro atoms. The summed E-state index contributed by atoms with van der Waals surface area (Å²) in [7, 11) is -4.17. The summed E-state index contributed by atoms with van der Waals surface area (Å²) in [6, 6.07) is 5.10. The van der Waals surface area contributed by atoms with Gasteiger partial charge in [-0.15, -0.1) is 0 Å². The molecule has 102 valence electrons. The van der Waals surface area contributed by atoms with Crippen molar-refractivity contribution in [2.24, 2.45) is 0 Å². The molecule has 0 radical (unpaired) electrons. The highest BCUT2D eigenvalue weighted by molar-refractivity contribution is 7.85. The van der Waals surface area contributed by atoms with Gasteiger partial charge in [-0.25, -0.2) is 0 Å². The summed E-state index contributed by atoms with van der Waals surface area (Å²) in [5.74, 6) is 0. The standard InChI is InChI=1S/C14H22O3S/c1-13(2,3)10-7-11(14(4,5)6)9-12(8-10)18(15,16)17/h7-9H,1-6H3,(H,15,16,17). The molecule has 1 aromatic carbocycles. The summed E-state index contributed by atoms with van der Waals surface area (Å²) in [5, 5.41) is 0. The van der Waals surface area contributed by atoms with Crippen LogP contribution in [0, 0.1) is 0 Å². The Morgan fingerprint density at radius 2 is 1.17 bits per heavy atom. The van der Waals surface area contributed by atoms with E-state index in [0.717, 1.165) is 11.1 Å². The Hall–Kier alpha value is -0.870. The van der Waals surface area contributed by atoms with Crippen molar-refractivity contribution in [3.63, 3.8) is 0 Å². The van der Waals surface area contributed by atoms with Crippen LogP contribution in [0.5, 0.6) is 0 Å². The molecule has 0 aliphatic carbocycles. The molecule has 0 saturated carbocycles. The zero-order chi connectivity index (χ0) is 14.4. The van der Waals surface area contributed by atoms with E-state index in [9.17, 15) is 13.0 Å². The van der Waals surface area contributed by atoms with Crippen molar-refractivity contribution in [2.45, 2.75) is 57.3 Å². The van der Waals surface area contributed by atoms with Crippen LogP contribution < -0.4 is 0 Å². The molecule has 0 aromatic heterocycles. The number of rotatable bonds is 1. The highest BCUT2D eigenvalue weighted by Gasteiger charge is 2.23. The van der Waals surface area contributed by atoms with Crippen molar-refractivity contribution in [1.29, 1.82) is 0 Å². The van der Waals surface area contributed by atoms with E-state index in [1.165, 1.54) is 0 Å². The Labute approximate surface area is 110 Å². The third-order valence-corrected chi connectivity index (χ3v) is 3.77. The molecule has 0 saturated heterocycles. The van der Waals surface area contributed by atoms with Crippen molar-refractivity contribution in [3.05, 3.63) is 29.3 Å². The number of hydrogen-bond donors (Lipinski definition) is 1. The van der Waals surface area contributed by atoms with Gasteiger partial charge in [-0.2, -0.15) is 8.42 Å². The quantitative estimate of drug-likeness (QED) is 0.794. The second-order valence-corrected chi connectivity index (χ2v) is 8.14. The van der Waals surface area contributed by atoms with E-state index in [4.69, 9.17) is 0 Å². The van der Waals surface area contributed by atoms with Gasteiger partial charge in [0.1, 0.15) is 0 Å². The molecule has 0 aliphatic heterocycles. The molecular formula is C14H22O3S. The summed E-state index contributed by atoms with van der Waals surface area (Å²) >= 11 is 0. The molecule has 18 heavy (non-hydrogen) atoms. The predicted octanol–water partition coefficient (Wildman–Crippen LogP) is 3.53. The lowest BCUT2D eigenvalue weighted by molar-refractivity contribution is 0.481. The second-order valence-electron chi connectivity index (χ2n) is 6.72. The van der Waals surface area contributed by atoms with E-state index in [1.807, 2.05) is 47.6 Å². The molecule has 0 unspecified atom stereocenters. The smallest absolute Gasteiger partial charge is 0.282 e. The fourth-order valence-electron chi connectivity index (χ4n) is 1.61. The molecule has 0 fully saturated rings. The van der Waals surface area contributed by atoms with Gasteiger partial charge in [-0.3, -0.25) is 4.55 Å². The van der Waals surface area contributed by atoms with E-state index in [2.05, 4.69) is 0 Å². The highest BCUT2D eigenvalue weighted by Crippen LogP contribution is 2.31. The lowest BCUT2D eigenvalue weighted by Crippen LogP contribution is -2.17. The van der Waals surface area contributed by atoms with Gasteiger partial charge in [-0.05, 0) is 34.1 Å². The monoisotopic (exact) mass is 270 g/mol. The van der Waals surface area contributed by atoms with Crippen LogP contribution in [-0.4, -0.2) is 13.0 Å². The summed E-state index contributed by atoms with van der Waals surface area (Å²) < 4.78 is 31.9. The molecule has 0 amide bonds. The second kappa shape index (κ2) is 4.35. The van der Waals surface area contributed by atoms with Gasteiger partial charge in [-0.1, -0.05) is 47.6 Å². The Morgan fingerprint density at radius 1 is 0.833 bits per heavy atom. The Bertz CT molecular complexity index is 511. The third kappa shape index (κ3) is 3.56. The first-order valence-electron chi connectivity index (χ1n) is 5.95. The van der Waals surface area contributed by atoms with Gasteiger partial charge in [0.25, 0.3) is 10.1 Å². The van der Waals surface area contributed by atoms with Gasteiger partial charge < -0.3 is 0 Å². The molecule has 1 aromatic rings. The minimum Gasteiger partial charge on any atom is -0.282 e. The molecule has 0 bridgehead atoms. The number of benzene rings is 1. The minimum atomic E-state index is -4.17. The van der Waals surface area contributed by atoms with Gasteiger partial charge in [0, 0.05) is 0 Å². The molecule has 1 N–H and O–H groups in total. The maximum Gasteiger partial charge on any atom is 0.294 e. The summed E-state index contributed by atoms with van der Waals surface area (Å²) in [6.07, 6.45) is 0. The van der Waals surface area contributed by atoms with Crippen LogP contribution in [0.25, 0.3) is 0 Å². The summed E-state index contributed by atoms with van der Waals surface area (Å²) in [5.41, 5.74) is 1.48. The van der Waals surface area contributed by atoms with Gasteiger partial charge in [0.15, 0.2) is 0 Å². The molecule has 1 rings (SSSR count). The third-order valence-electron chi connectivity index (χ3n) is 2.94. The van der Waals surface area contributed by atoms with E-state index in [0.29, 0.717) is 0 Å². The highest BCUT2D eigenvalue weighted by atomic mass is 32.2. The van der Waals surface area contributed by atoms with Crippen LogP contribution in [0.1, 0.15) is 52.7 Å². The zero-order valence-electron chi connectivity index (χ0n) is 11.9. The Kier molecular flexibility index (Phi) is 3.67. The Morgan fingerprint density at radius 3 is 1.39 bits per heavy atom. The van der Waals surface area contributed by atoms with E-state index in [-0.39, 0.29) is 15.7 Å². The largest absolute Gasteiger partial charge is 0.294 e. The van der Waals surface area contributed by atoms with Crippen molar-refractivity contribution in [3.8, 4) is 0 Å². The molecular weight excluding hydrogens is 248 g/mol. The van der Waals surface area contributed by atoms with Crippen LogP contribution in [0.2, 0.25) is 0 Å². The first-order chi connectivity index (χ1) is 7.82. The fourth-order valence-corrected chi connectivity index (χ4v) is 2.17. The van der Waals surface area contributed by atoms with Gasteiger partial charge in [0.2, 0.25) is 0 Å². The van der Waals surface area contributed by atoms with Crippen LogP contribution in [0.3, 0.4) is 0 Å². The van der Waals surface area contributed by atoms with Crippen LogP contribution in [-0.2, 0) is 20.9 Å². The van der Waals surface area contributed by atoms with Crippen molar-refractivity contribution < 1.29 is 13.0 Å². The van der Waals surface area contributed by atoms with Gasteiger partial charge >= 0.3 is 0 Å². The van der Waals surface area contributed by atoms with Crippen LogP contribution >= 0.6 is 0 Å². The summed E-state index contributed by atoms with van der Waals surface area (Å²) in [4.78, 5) is -0.0279. The van der Waals surface area contributed by atoms with Crippen LogP contribution in [0.4, 0.5) is 0 Å². The average molecular weight is 270 g/mol. The molecule has 0 aliphatic rings. The molecule has 0 atom stereocenters. The SMILES string of the molecule is CC(C)(C)c1cc(C(C)(C)C)cc(S(=O)(=O)O)c1. The maximum absolute atomic E-state index is 11.3. The average Bonchev–Trinajstić information content (AvgIpc) is 2.13. The fraction of sp³-hybridized carbons (Fsp3) is 0.571. The van der Waals surface area contributed by atoms with E-state index >= 15 is 0 Å². The lowest BCUT2D eigenvalue weighted by Gasteiger charge is -2.25. The molecule has 4 heteroatoms. The van der Waals surface area contributed by atoms with E-state index in [1.54, 1.807) is 12.1 Å². The zero-order valence-corrected chi connectivity index (χ0v) is 12.7. The topological polar surface area (TPSA) is 54.4 Å². The molecule has 0 heterocycles. The predicted molar refractivity (Wildman–Crippen MR) is 73.7 cm³/mol. The summed E-state index contributed by atoms with van der Waals surface area (Å²) in [6.45, 7) is 12.1. The van der Waals surface area contributed by atoms with E-state index < -0.39 is 10.1 Å². The van der Waals surface area contributed by atoms with Crippen molar-refractivity contribution in [2.75, 3.05) is 0 Å². The maximum atomic E-state index is 11.3. The first-order valence-corrected chi connectivity index (χ1v) is 7.39. The lowest BCUT2D eigenvalue weighted by atomic mass is 9.81. The Balaban J connectivity index is 3.60. The molecule has 3 nitrogen and oxygen atoms in total. The number of hydrogen-bond acceptors (Lipinski definition) is 2. The van der Waals surface area contributed by atoms with Crippen molar-refractivity contribution in [1.82, 2.24) is 0 Å². The normalized spacial score (nSPS) is 13.7. The van der Waals surface area contributed by atoms with Crippen LogP contribution in [0.15, 0.2) is 23.1 Å². The first kappa shape index (κ1) is 15.2. The minimum absolute atomic E-state index is 0.0279. The van der Waals surface area contributed by atoms with Gasteiger partial charge in [0.05, 0.1) is 4.90 Å².